The summed E-state index contributed by atoms with van der Waals surface area (Å²) in [6, 6.07) is 17.5. The summed E-state index contributed by atoms with van der Waals surface area (Å²) in [5.74, 6) is -2.26. The molecule has 1 unspecified atom stereocenters. The number of hydrogen-bond acceptors (Lipinski definition) is 11. The van der Waals surface area contributed by atoms with Crippen LogP contribution in [0.1, 0.15) is 54.1 Å². The first-order valence-corrected chi connectivity index (χ1v) is 21.5. The van der Waals surface area contributed by atoms with Gasteiger partial charge < -0.3 is 25.3 Å². The highest BCUT2D eigenvalue weighted by molar-refractivity contribution is 7.90. The van der Waals surface area contributed by atoms with Gasteiger partial charge in [-0.25, -0.2) is 22.4 Å². The molecular formula is C42H40F3N9O7S. The molecule has 0 spiro atoms. The van der Waals surface area contributed by atoms with E-state index in [4.69, 9.17) is 0 Å². The monoisotopic (exact) mass is 871 g/mol. The van der Waals surface area contributed by atoms with Gasteiger partial charge in [-0.15, -0.1) is 0 Å². The van der Waals surface area contributed by atoms with Gasteiger partial charge in [-0.2, -0.15) is 13.2 Å². The van der Waals surface area contributed by atoms with Crippen LogP contribution < -0.4 is 20.9 Å². The van der Waals surface area contributed by atoms with Gasteiger partial charge in [0.2, 0.25) is 39.6 Å². The van der Waals surface area contributed by atoms with Crippen LogP contribution in [0, 0.1) is 0 Å². The number of alkyl halides is 3. The number of carbonyl (C=O) groups is 5. The molecule has 1 atom stereocenters. The van der Waals surface area contributed by atoms with Gasteiger partial charge in [0, 0.05) is 104 Å². The number of piperazine rings is 1. The number of nitrogens with one attached hydrogen (secondary N) is 3. The molecule has 0 aliphatic carbocycles. The predicted molar refractivity (Wildman–Crippen MR) is 222 cm³/mol. The molecule has 5 heterocycles. The molecule has 5 aromatic rings. The minimum Gasteiger partial charge on any atom is -0.368 e. The van der Waals surface area contributed by atoms with Crippen LogP contribution in [0.4, 0.5) is 36.2 Å². The molecule has 322 valence electrons. The van der Waals surface area contributed by atoms with Crippen LogP contribution >= 0.6 is 0 Å². The van der Waals surface area contributed by atoms with Crippen molar-refractivity contribution in [1.29, 1.82) is 0 Å². The van der Waals surface area contributed by atoms with E-state index >= 15 is 0 Å². The van der Waals surface area contributed by atoms with E-state index in [2.05, 4.69) is 30.8 Å². The van der Waals surface area contributed by atoms with Gasteiger partial charge in [0.05, 0.1) is 17.0 Å². The SMILES string of the molecule is CCS(=O)(=O)n1cc(-c2nc(Nc3ccc(N4CCN(C(=O)CCC(=O)Nc5cccc6c5CN(C5CCC(=O)NC5=O)C6=O)CC4)cc3)ncc2C(F)(F)F)c2ccccc21. The number of nitrogens with zero attached hydrogens (tertiary/aromatic N) is 6. The Morgan fingerprint density at radius 1 is 0.919 bits per heavy atom. The number of piperidine rings is 1. The van der Waals surface area contributed by atoms with Crippen molar-refractivity contribution in [2.45, 2.75) is 51.4 Å². The summed E-state index contributed by atoms with van der Waals surface area (Å²) in [4.78, 5) is 76.6. The van der Waals surface area contributed by atoms with Crippen LogP contribution in [0.25, 0.3) is 22.2 Å². The predicted octanol–water partition coefficient (Wildman–Crippen LogP) is 4.89. The lowest BCUT2D eigenvalue weighted by atomic mass is 10.0. The molecule has 3 aliphatic rings. The van der Waals surface area contributed by atoms with Crippen molar-refractivity contribution < 1.29 is 45.6 Å². The lowest BCUT2D eigenvalue weighted by Gasteiger charge is -2.36. The maximum atomic E-state index is 14.3. The smallest absolute Gasteiger partial charge is 0.368 e. The summed E-state index contributed by atoms with van der Waals surface area (Å²) in [5.41, 5.74) is 1.29. The Morgan fingerprint density at radius 2 is 1.66 bits per heavy atom. The quantitative estimate of drug-likeness (QED) is 0.153. The van der Waals surface area contributed by atoms with Crippen molar-refractivity contribution in [3.8, 4) is 11.3 Å². The lowest BCUT2D eigenvalue weighted by Crippen LogP contribution is -2.52. The fraction of sp³-hybridized carbons (Fsp3) is 0.310. The van der Waals surface area contributed by atoms with Crippen molar-refractivity contribution >= 4 is 73.5 Å². The number of amides is 5. The van der Waals surface area contributed by atoms with Gasteiger partial charge >= 0.3 is 6.18 Å². The Kier molecular flexibility index (Phi) is 11.2. The Bertz CT molecular complexity index is 2730. The largest absolute Gasteiger partial charge is 0.419 e. The number of para-hydroxylation sites is 1. The number of anilines is 4. The van der Waals surface area contributed by atoms with Crippen LogP contribution in [0.15, 0.2) is 79.1 Å². The number of fused-ring (bicyclic) bond motifs is 2. The summed E-state index contributed by atoms with van der Waals surface area (Å²) >= 11 is 0. The molecule has 3 aliphatic heterocycles. The van der Waals surface area contributed by atoms with Gasteiger partial charge in [-0.3, -0.25) is 29.3 Å². The maximum absolute atomic E-state index is 14.3. The number of hydrogen-bond donors (Lipinski definition) is 3. The Balaban J connectivity index is 0.862. The van der Waals surface area contributed by atoms with Crippen molar-refractivity contribution in [1.82, 2.24) is 29.1 Å². The third-order valence-corrected chi connectivity index (χ3v) is 12.9. The maximum Gasteiger partial charge on any atom is 0.419 e. The van der Waals surface area contributed by atoms with Gasteiger partial charge in [-0.05, 0) is 55.8 Å². The van der Waals surface area contributed by atoms with Gasteiger partial charge in [0.25, 0.3) is 5.91 Å². The van der Waals surface area contributed by atoms with Crippen molar-refractivity contribution in [2.24, 2.45) is 0 Å². The topological polar surface area (TPSA) is 196 Å². The van der Waals surface area contributed by atoms with Crippen molar-refractivity contribution in [2.75, 3.05) is 47.5 Å². The molecule has 20 heteroatoms. The molecule has 0 radical (unpaired) electrons. The average molecular weight is 872 g/mol. The number of imide groups is 1. The molecule has 2 saturated heterocycles. The highest BCUT2D eigenvalue weighted by atomic mass is 32.2. The summed E-state index contributed by atoms with van der Waals surface area (Å²) in [6.07, 6.45) is -2.78. The molecule has 3 N–H and O–H groups in total. The van der Waals surface area contributed by atoms with Gasteiger partial charge in [-0.1, -0.05) is 24.3 Å². The molecule has 62 heavy (non-hydrogen) atoms. The van der Waals surface area contributed by atoms with E-state index in [0.29, 0.717) is 54.9 Å². The van der Waals surface area contributed by atoms with Gasteiger partial charge in [0.15, 0.2) is 0 Å². The Hall–Kier alpha value is -6.83. The summed E-state index contributed by atoms with van der Waals surface area (Å²) in [6.45, 7) is 3.37. The highest BCUT2D eigenvalue weighted by Crippen LogP contribution is 2.40. The van der Waals surface area contributed by atoms with Gasteiger partial charge in [0.1, 0.15) is 11.6 Å². The van der Waals surface area contributed by atoms with E-state index in [9.17, 15) is 45.6 Å². The molecule has 2 fully saturated rings. The highest BCUT2D eigenvalue weighted by Gasteiger charge is 2.40. The number of rotatable bonds is 11. The molecule has 2 aromatic heterocycles. The fourth-order valence-electron chi connectivity index (χ4n) is 7.96. The Labute approximate surface area is 353 Å². The third kappa shape index (κ3) is 8.28. The average Bonchev–Trinajstić information content (AvgIpc) is 3.82. The van der Waals surface area contributed by atoms with E-state index in [-0.39, 0.29) is 78.1 Å². The first kappa shape index (κ1) is 41.9. The standard InChI is InChI=1S/C42H40F3N9O7S/c1-2-62(60,61)54-24-30(27-6-3-4-9-33(27)54)38-31(42(43,44)45)22-46-41(50-38)47-25-10-12-26(13-11-25)51-18-20-52(21-19-51)37(57)17-16-35(55)48-32-8-5-7-28-29(32)23-53(40(28)59)34-14-15-36(56)49-39(34)58/h3-13,22,24,34H,2,14-21,23H2,1H3,(H,48,55)(H,46,47,50)(H,49,56,58). The zero-order valence-corrected chi connectivity index (χ0v) is 34.1. The third-order valence-electron chi connectivity index (χ3n) is 11.2. The molecule has 3 aromatic carbocycles. The summed E-state index contributed by atoms with van der Waals surface area (Å²) in [5, 5.41) is 8.32. The van der Waals surface area contributed by atoms with Crippen molar-refractivity contribution in [3.05, 3.63) is 95.8 Å². The number of aromatic nitrogens is 3. The molecular weight excluding hydrogens is 832 g/mol. The second-order valence-electron chi connectivity index (χ2n) is 15.0. The minimum absolute atomic E-state index is 0.0120. The van der Waals surface area contributed by atoms with Crippen LogP contribution in [0.2, 0.25) is 0 Å². The van der Waals surface area contributed by atoms with E-state index in [0.717, 1.165) is 15.9 Å². The summed E-state index contributed by atoms with van der Waals surface area (Å²) in [7, 11) is -3.85. The van der Waals surface area contributed by atoms with E-state index in [1.54, 1.807) is 53.4 Å². The van der Waals surface area contributed by atoms with Crippen LogP contribution in [0.5, 0.6) is 0 Å². The van der Waals surface area contributed by atoms with E-state index in [1.165, 1.54) is 17.9 Å². The first-order valence-electron chi connectivity index (χ1n) is 19.9. The molecule has 8 rings (SSSR count). The minimum atomic E-state index is -4.83. The summed E-state index contributed by atoms with van der Waals surface area (Å²) < 4.78 is 69.5. The molecule has 16 nitrogen and oxygen atoms in total. The van der Waals surface area contributed by atoms with Crippen molar-refractivity contribution in [3.63, 3.8) is 0 Å². The second kappa shape index (κ2) is 16.6. The zero-order chi connectivity index (χ0) is 43.9. The number of halogens is 3. The molecule has 0 saturated carbocycles. The lowest BCUT2D eigenvalue weighted by molar-refractivity contribution is -0.138. The molecule has 0 bridgehead atoms. The second-order valence-corrected chi connectivity index (χ2v) is 17.2. The van der Waals surface area contributed by atoms with Crippen LogP contribution in [-0.2, 0) is 41.9 Å². The van der Waals surface area contributed by atoms with E-state index in [1.807, 2.05) is 12.1 Å². The number of carbonyl (C=O) groups excluding carboxylic acids is 5. The number of benzene rings is 3. The normalized spacial score (nSPS) is 17.0. The zero-order valence-electron chi connectivity index (χ0n) is 33.2. The van der Waals surface area contributed by atoms with E-state index < -0.39 is 45.3 Å². The first-order chi connectivity index (χ1) is 29.6. The van der Waals surface area contributed by atoms with Crippen LogP contribution in [0.3, 0.4) is 0 Å². The Morgan fingerprint density at radius 3 is 2.37 bits per heavy atom. The van der Waals surface area contributed by atoms with Crippen LogP contribution in [-0.4, -0.2) is 99.7 Å². The molecule has 5 amide bonds. The fourth-order valence-corrected chi connectivity index (χ4v) is 8.96.